The van der Waals surface area contributed by atoms with E-state index in [1.807, 2.05) is 62.4 Å². The van der Waals surface area contributed by atoms with Crippen LogP contribution in [0.2, 0.25) is 0 Å². The lowest BCUT2D eigenvalue weighted by molar-refractivity contribution is -0.118. The van der Waals surface area contributed by atoms with Gasteiger partial charge in [0.25, 0.3) is 5.91 Å². The standard InChI is InChI=1S/C44H53FN6O3/c1-6-18-42(3,54)28-51-38(27-50-22-16-31(17-23-50)36(46-5)14-10-8-12-30-11-7-9-13-35(30)45)48-37-25-32(15-19-43(37,51)4)40(52)47-33-24-29(2)39-34(26-33)44(20-21-44)41(53)49-39/h7-11,13-15,24-26,31,54H,5-6,12,16-23,27-28H2,1-4H3,(H,47,52)(H,49,53)/b10-8-,36-14-. The molecule has 9 nitrogen and oxygen atoms in total. The van der Waals surface area contributed by atoms with Gasteiger partial charge in [0.2, 0.25) is 5.91 Å². The van der Waals surface area contributed by atoms with Crippen LogP contribution < -0.4 is 10.6 Å². The van der Waals surface area contributed by atoms with Crippen LogP contribution in [0.3, 0.4) is 0 Å². The lowest BCUT2D eigenvalue weighted by atomic mass is 9.85. The molecule has 2 aromatic carbocycles. The summed E-state index contributed by atoms with van der Waals surface area (Å²) in [6.07, 6.45) is 15.9. The van der Waals surface area contributed by atoms with E-state index in [1.165, 1.54) is 6.07 Å². The van der Waals surface area contributed by atoms with Gasteiger partial charge in [0.1, 0.15) is 11.7 Å². The van der Waals surface area contributed by atoms with Gasteiger partial charge in [-0.3, -0.25) is 19.5 Å². The molecule has 3 heterocycles. The minimum Gasteiger partial charge on any atom is -0.388 e. The topological polar surface area (TPSA) is 110 Å². The molecule has 3 aliphatic heterocycles. The number of hydrogen-bond donors (Lipinski definition) is 3. The minimum atomic E-state index is -0.905. The Hall–Kier alpha value is -4.67. The molecule has 7 rings (SSSR count). The second-order valence-electron chi connectivity index (χ2n) is 16.3. The third kappa shape index (κ3) is 7.38. The van der Waals surface area contributed by atoms with Gasteiger partial charge in [-0.1, -0.05) is 49.8 Å². The summed E-state index contributed by atoms with van der Waals surface area (Å²) in [5, 5.41) is 17.6. The number of β-amino-alcohol motifs (C(OH)–C–C–N with tert-alkyl or cyclic N) is 1. The Kier molecular flexibility index (Phi) is 10.4. The molecule has 2 atom stereocenters. The molecule has 2 fully saturated rings. The van der Waals surface area contributed by atoms with Crippen molar-refractivity contribution in [3.05, 3.63) is 106 Å². The normalized spacial score (nSPS) is 23.4. The highest BCUT2D eigenvalue weighted by Crippen LogP contribution is 2.56. The second kappa shape index (κ2) is 14.9. The fourth-order valence-electron chi connectivity index (χ4n) is 8.68. The number of amidine groups is 1. The average molecular weight is 733 g/mol. The van der Waals surface area contributed by atoms with Crippen molar-refractivity contribution in [2.24, 2.45) is 15.9 Å². The van der Waals surface area contributed by atoms with E-state index < -0.39 is 16.6 Å². The summed E-state index contributed by atoms with van der Waals surface area (Å²) in [6, 6.07) is 10.7. The predicted molar refractivity (Wildman–Crippen MR) is 214 cm³/mol. The molecule has 1 saturated carbocycles. The van der Waals surface area contributed by atoms with Crippen LogP contribution >= 0.6 is 0 Å². The fraction of sp³-hybridized carbons (Fsp3) is 0.455. The molecule has 2 unspecified atom stereocenters. The van der Waals surface area contributed by atoms with E-state index in [0.717, 1.165) is 79.2 Å². The number of aryl methyl sites for hydroxylation is 1. The molecule has 284 valence electrons. The number of likely N-dealkylation sites (tertiary alicyclic amines) is 1. The lowest BCUT2D eigenvalue weighted by Crippen LogP contribution is -2.55. The Bertz CT molecular complexity index is 2000. The number of allylic oxidation sites excluding steroid dienone is 4. The number of hydrogen-bond acceptors (Lipinski definition) is 7. The molecule has 5 aliphatic rings. The van der Waals surface area contributed by atoms with Crippen molar-refractivity contribution in [1.29, 1.82) is 0 Å². The van der Waals surface area contributed by atoms with E-state index in [0.29, 0.717) is 49.2 Å². The first-order valence-corrected chi connectivity index (χ1v) is 19.4. The zero-order valence-corrected chi connectivity index (χ0v) is 32.1. The number of benzene rings is 2. The zero-order chi connectivity index (χ0) is 38.3. The SMILES string of the molecule is C=N/C(=C\C=C/Cc1ccccc1F)C1CCN(CC2=NC3=CC(C(=O)Nc4cc(C)c5c(c4)C4(CC4)C(=O)N5)=CCC3(C)N2CC(C)(O)CCC)CC1. The van der Waals surface area contributed by atoms with Crippen LogP contribution in [0.4, 0.5) is 15.8 Å². The summed E-state index contributed by atoms with van der Waals surface area (Å²) in [6.45, 7) is 14.7. The summed E-state index contributed by atoms with van der Waals surface area (Å²) in [5.74, 6) is 0.837. The van der Waals surface area contributed by atoms with E-state index in [-0.39, 0.29) is 23.5 Å². The van der Waals surface area contributed by atoms with Crippen molar-refractivity contribution in [2.45, 2.75) is 95.6 Å². The maximum absolute atomic E-state index is 14.0. The van der Waals surface area contributed by atoms with E-state index in [9.17, 15) is 19.1 Å². The Labute approximate surface area is 318 Å². The number of aliphatic hydroxyl groups is 1. The van der Waals surface area contributed by atoms with Gasteiger partial charge in [-0.2, -0.15) is 0 Å². The molecule has 10 heteroatoms. The molecular weight excluding hydrogens is 680 g/mol. The molecule has 1 saturated heterocycles. The van der Waals surface area contributed by atoms with Crippen molar-refractivity contribution in [2.75, 3.05) is 36.8 Å². The third-order valence-corrected chi connectivity index (χ3v) is 12.1. The molecule has 0 aromatic heterocycles. The van der Waals surface area contributed by atoms with Crippen LogP contribution in [0, 0.1) is 18.7 Å². The van der Waals surface area contributed by atoms with Crippen LogP contribution in [-0.4, -0.2) is 76.6 Å². The molecule has 1 spiro atoms. The number of halogens is 1. The highest BCUT2D eigenvalue weighted by atomic mass is 19.1. The molecule has 2 amide bonds. The van der Waals surface area contributed by atoms with Gasteiger partial charge < -0.3 is 20.6 Å². The largest absolute Gasteiger partial charge is 0.388 e. The molecular formula is C44H53FN6O3. The summed E-state index contributed by atoms with van der Waals surface area (Å²) in [7, 11) is 0. The number of fused-ring (bicyclic) bond motifs is 3. The Balaban J connectivity index is 1.04. The molecule has 0 bridgehead atoms. The summed E-state index contributed by atoms with van der Waals surface area (Å²) >= 11 is 0. The van der Waals surface area contributed by atoms with E-state index >= 15 is 0 Å². The van der Waals surface area contributed by atoms with Crippen molar-refractivity contribution >= 4 is 35.7 Å². The molecule has 2 aliphatic carbocycles. The number of anilines is 2. The first-order chi connectivity index (χ1) is 25.9. The van der Waals surface area contributed by atoms with E-state index in [2.05, 4.69) is 46.0 Å². The molecule has 3 N–H and O–H groups in total. The number of piperidine rings is 1. The van der Waals surface area contributed by atoms with Gasteiger partial charge in [0.05, 0.1) is 28.8 Å². The summed E-state index contributed by atoms with van der Waals surface area (Å²) in [4.78, 5) is 40.6. The Morgan fingerprint density at radius 3 is 2.70 bits per heavy atom. The maximum Gasteiger partial charge on any atom is 0.255 e. The van der Waals surface area contributed by atoms with Crippen LogP contribution in [0.5, 0.6) is 0 Å². The number of amides is 2. The predicted octanol–water partition coefficient (Wildman–Crippen LogP) is 7.39. The number of nitrogens with one attached hydrogen (secondary N) is 2. The van der Waals surface area contributed by atoms with Gasteiger partial charge in [-0.05, 0) is 133 Å². The Morgan fingerprint density at radius 2 is 2.00 bits per heavy atom. The van der Waals surface area contributed by atoms with Crippen molar-refractivity contribution < 1.29 is 19.1 Å². The van der Waals surface area contributed by atoms with Crippen LogP contribution in [0.25, 0.3) is 0 Å². The number of nitrogens with zero attached hydrogens (tertiary/aromatic N) is 4. The number of carbonyl (C=O) groups excluding carboxylic acids is 2. The summed E-state index contributed by atoms with van der Waals surface area (Å²) < 4.78 is 14.0. The fourth-order valence-corrected chi connectivity index (χ4v) is 8.68. The van der Waals surface area contributed by atoms with Gasteiger partial charge in [0.15, 0.2) is 0 Å². The van der Waals surface area contributed by atoms with E-state index in [4.69, 9.17) is 4.99 Å². The monoisotopic (exact) mass is 732 g/mol. The Morgan fingerprint density at radius 1 is 1.24 bits per heavy atom. The number of rotatable bonds is 13. The number of aliphatic imine (C=N–C) groups is 2. The first-order valence-electron chi connectivity index (χ1n) is 19.4. The van der Waals surface area contributed by atoms with Crippen molar-refractivity contribution in [3.63, 3.8) is 0 Å². The lowest BCUT2D eigenvalue weighted by Gasteiger charge is -2.43. The highest BCUT2D eigenvalue weighted by molar-refractivity contribution is 6.11. The molecule has 0 radical (unpaired) electrons. The zero-order valence-electron chi connectivity index (χ0n) is 32.1. The van der Waals surface area contributed by atoms with Crippen molar-refractivity contribution in [3.8, 4) is 0 Å². The molecule has 2 aromatic rings. The van der Waals surface area contributed by atoms with Gasteiger partial charge in [-0.15, -0.1) is 0 Å². The average Bonchev–Trinajstić information content (AvgIpc) is 3.85. The second-order valence-corrected chi connectivity index (χ2v) is 16.3. The smallest absolute Gasteiger partial charge is 0.255 e. The van der Waals surface area contributed by atoms with Crippen LogP contribution in [0.15, 0.2) is 93.7 Å². The summed E-state index contributed by atoms with van der Waals surface area (Å²) in [5.41, 5.74) is 4.64. The maximum atomic E-state index is 14.0. The van der Waals surface area contributed by atoms with Crippen LogP contribution in [-0.2, 0) is 21.4 Å². The van der Waals surface area contributed by atoms with Gasteiger partial charge >= 0.3 is 0 Å². The van der Waals surface area contributed by atoms with Gasteiger partial charge in [-0.25, -0.2) is 9.38 Å². The number of carbonyl (C=O) groups is 2. The highest BCUT2D eigenvalue weighted by Gasteiger charge is 2.56. The first kappa shape index (κ1) is 37.6. The minimum absolute atomic E-state index is 0.0578. The van der Waals surface area contributed by atoms with E-state index in [1.54, 1.807) is 12.1 Å². The quantitative estimate of drug-likeness (QED) is 0.147. The van der Waals surface area contributed by atoms with Gasteiger partial charge in [0, 0.05) is 35.1 Å². The molecule has 54 heavy (non-hydrogen) atoms. The van der Waals surface area contributed by atoms with Crippen molar-refractivity contribution in [1.82, 2.24) is 9.80 Å². The third-order valence-electron chi connectivity index (χ3n) is 12.1. The van der Waals surface area contributed by atoms with Crippen LogP contribution in [0.1, 0.15) is 82.4 Å².